The number of anilines is 1. The second kappa shape index (κ2) is 9.67. The topological polar surface area (TPSA) is 75.7 Å². The number of carbonyl (C=O) groups excluding carboxylic acids is 1. The molecule has 0 unspecified atom stereocenters. The monoisotopic (exact) mass is 464 g/mol. The van der Waals surface area contributed by atoms with Gasteiger partial charge in [-0.3, -0.25) is 9.10 Å². The lowest BCUT2D eigenvalue weighted by Gasteiger charge is -2.34. The fraction of sp³-hybridized carbons (Fsp3) is 0.269. The summed E-state index contributed by atoms with van der Waals surface area (Å²) in [5.41, 5.74) is 3.83. The zero-order valence-corrected chi connectivity index (χ0v) is 19.6. The number of rotatable bonds is 7. The second-order valence-corrected chi connectivity index (χ2v) is 10.2. The molecule has 1 N–H and O–H groups in total. The first kappa shape index (κ1) is 22.9. The van der Waals surface area contributed by atoms with E-state index < -0.39 is 16.1 Å². The van der Waals surface area contributed by atoms with E-state index in [0.717, 1.165) is 18.4 Å². The Balaban J connectivity index is 1.46. The van der Waals surface area contributed by atoms with E-state index in [1.807, 2.05) is 6.92 Å². The molecule has 0 bridgehead atoms. The van der Waals surface area contributed by atoms with Crippen LogP contribution in [0.4, 0.5) is 5.69 Å². The van der Waals surface area contributed by atoms with Crippen LogP contribution in [0.25, 0.3) is 0 Å². The predicted octanol–water partition coefficient (Wildman–Crippen LogP) is 4.01. The van der Waals surface area contributed by atoms with Gasteiger partial charge in [-0.05, 0) is 56.5 Å². The van der Waals surface area contributed by atoms with Crippen LogP contribution in [0.2, 0.25) is 0 Å². The van der Waals surface area contributed by atoms with Crippen LogP contribution in [0.15, 0.2) is 77.7 Å². The van der Waals surface area contributed by atoms with Crippen molar-refractivity contribution in [1.82, 2.24) is 5.32 Å². The molecular formula is C26H28N2O4S. The lowest BCUT2D eigenvalue weighted by Crippen LogP contribution is -2.50. The molecule has 0 aromatic heterocycles. The number of hydrogen-bond donors (Lipinski definition) is 1. The summed E-state index contributed by atoms with van der Waals surface area (Å²) in [6.07, 6.45) is 0.700. The maximum atomic E-state index is 13.4. The summed E-state index contributed by atoms with van der Waals surface area (Å²) >= 11 is 0. The van der Waals surface area contributed by atoms with E-state index in [1.165, 1.54) is 15.4 Å². The van der Waals surface area contributed by atoms with Crippen molar-refractivity contribution >= 4 is 21.6 Å². The van der Waals surface area contributed by atoms with Crippen molar-refractivity contribution in [2.24, 2.45) is 0 Å². The van der Waals surface area contributed by atoms with E-state index in [2.05, 4.69) is 36.5 Å². The van der Waals surface area contributed by atoms with Crippen LogP contribution >= 0.6 is 0 Å². The molecule has 4 rings (SSSR count). The number of nitrogens with zero attached hydrogens (tertiary/aromatic N) is 1. The maximum Gasteiger partial charge on any atom is 0.264 e. The Kier molecular flexibility index (Phi) is 6.70. The normalized spacial score (nSPS) is 15.5. The van der Waals surface area contributed by atoms with Crippen LogP contribution < -0.4 is 14.4 Å². The molecule has 7 heteroatoms. The first-order valence-electron chi connectivity index (χ1n) is 11.0. The lowest BCUT2D eigenvalue weighted by molar-refractivity contribution is -0.127. The van der Waals surface area contributed by atoms with Gasteiger partial charge in [-0.1, -0.05) is 59.7 Å². The van der Waals surface area contributed by atoms with Crippen LogP contribution in [0.1, 0.15) is 23.1 Å². The molecule has 33 heavy (non-hydrogen) atoms. The van der Waals surface area contributed by atoms with Gasteiger partial charge in [0.15, 0.2) is 6.10 Å². The van der Waals surface area contributed by atoms with Crippen molar-refractivity contribution in [2.75, 3.05) is 17.4 Å². The molecule has 1 amide bonds. The van der Waals surface area contributed by atoms with Gasteiger partial charge in [-0.2, -0.15) is 0 Å². The number of para-hydroxylation sites is 2. The van der Waals surface area contributed by atoms with Crippen molar-refractivity contribution in [3.63, 3.8) is 0 Å². The molecule has 0 saturated carbocycles. The smallest absolute Gasteiger partial charge is 0.264 e. The van der Waals surface area contributed by atoms with Crippen LogP contribution in [0.5, 0.6) is 5.75 Å². The molecule has 0 saturated heterocycles. The molecule has 0 aliphatic carbocycles. The summed E-state index contributed by atoms with van der Waals surface area (Å²) < 4.78 is 34.0. The summed E-state index contributed by atoms with van der Waals surface area (Å²) in [7, 11) is -3.85. The average molecular weight is 465 g/mol. The van der Waals surface area contributed by atoms with Gasteiger partial charge in [0.2, 0.25) is 0 Å². The molecule has 172 valence electrons. The minimum absolute atomic E-state index is 0.0863. The summed E-state index contributed by atoms with van der Waals surface area (Å²) in [5.74, 6) is 0.0526. The SMILES string of the molecule is Cc1ccc(CCCNC(=O)[C@@H]2CN(S(=O)(=O)c3ccc(C)cc3)c3ccccc3O2)cc1. The molecule has 0 spiro atoms. The molecule has 0 fully saturated rings. The minimum atomic E-state index is -3.85. The van der Waals surface area contributed by atoms with Crippen molar-refractivity contribution in [1.29, 1.82) is 0 Å². The number of fused-ring (bicyclic) bond motifs is 1. The first-order chi connectivity index (χ1) is 15.8. The Morgan fingerprint density at radius 2 is 1.61 bits per heavy atom. The molecule has 1 atom stereocenters. The van der Waals surface area contributed by atoms with Gasteiger partial charge in [-0.25, -0.2) is 8.42 Å². The van der Waals surface area contributed by atoms with E-state index in [0.29, 0.717) is 18.0 Å². The first-order valence-corrected chi connectivity index (χ1v) is 12.5. The Labute approximate surface area is 195 Å². The van der Waals surface area contributed by atoms with E-state index in [1.54, 1.807) is 48.5 Å². The zero-order chi connectivity index (χ0) is 23.4. The fourth-order valence-electron chi connectivity index (χ4n) is 3.78. The molecule has 1 aliphatic rings. The lowest BCUT2D eigenvalue weighted by atomic mass is 10.1. The van der Waals surface area contributed by atoms with Crippen molar-refractivity contribution < 1.29 is 17.9 Å². The third-order valence-electron chi connectivity index (χ3n) is 5.70. The Bertz CT molecular complexity index is 1220. The van der Waals surface area contributed by atoms with Gasteiger partial charge < -0.3 is 10.1 Å². The van der Waals surface area contributed by atoms with Gasteiger partial charge in [-0.15, -0.1) is 0 Å². The summed E-state index contributed by atoms with van der Waals surface area (Å²) in [6.45, 7) is 4.35. The third-order valence-corrected chi connectivity index (χ3v) is 7.49. The molecule has 1 aliphatic heterocycles. The number of amides is 1. The highest BCUT2D eigenvalue weighted by atomic mass is 32.2. The van der Waals surface area contributed by atoms with Gasteiger partial charge in [0.1, 0.15) is 5.75 Å². The number of hydrogen-bond acceptors (Lipinski definition) is 4. The summed E-state index contributed by atoms with van der Waals surface area (Å²) in [6, 6.07) is 21.9. The van der Waals surface area contributed by atoms with Gasteiger partial charge in [0, 0.05) is 6.54 Å². The van der Waals surface area contributed by atoms with E-state index in [4.69, 9.17) is 4.74 Å². The van der Waals surface area contributed by atoms with Crippen molar-refractivity contribution in [3.8, 4) is 5.75 Å². The number of nitrogens with one attached hydrogen (secondary N) is 1. The quantitative estimate of drug-likeness (QED) is 0.536. The Morgan fingerprint density at radius 3 is 2.30 bits per heavy atom. The average Bonchev–Trinajstić information content (AvgIpc) is 2.82. The van der Waals surface area contributed by atoms with Gasteiger partial charge in [0.05, 0.1) is 17.1 Å². The van der Waals surface area contributed by atoms with Gasteiger partial charge in [0.25, 0.3) is 15.9 Å². The maximum absolute atomic E-state index is 13.4. The molecule has 3 aromatic rings. The molecule has 3 aromatic carbocycles. The van der Waals surface area contributed by atoms with E-state index >= 15 is 0 Å². The molecule has 0 radical (unpaired) electrons. The molecular weight excluding hydrogens is 436 g/mol. The number of ether oxygens (including phenoxy) is 1. The zero-order valence-electron chi connectivity index (χ0n) is 18.8. The second-order valence-electron chi connectivity index (χ2n) is 8.30. The van der Waals surface area contributed by atoms with Crippen LogP contribution in [0, 0.1) is 13.8 Å². The number of benzene rings is 3. The van der Waals surface area contributed by atoms with Crippen LogP contribution in [-0.4, -0.2) is 33.5 Å². The number of sulfonamides is 1. The highest BCUT2D eigenvalue weighted by molar-refractivity contribution is 7.92. The minimum Gasteiger partial charge on any atom is -0.476 e. The van der Waals surface area contributed by atoms with Crippen molar-refractivity contribution in [2.45, 2.75) is 37.7 Å². The van der Waals surface area contributed by atoms with Gasteiger partial charge >= 0.3 is 0 Å². The van der Waals surface area contributed by atoms with E-state index in [-0.39, 0.29) is 17.3 Å². The number of aryl methyl sites for hydroxylation is 3. The Hall–Kier alpha value is -3.32. The highest BCUT2D eigenvalue weighted by Gasteiger charge is 2.37. The fourth-order valence-corrected chi connectivity index (χ4v) is 5.25. The van der Waals surface area contributed by atoms with Crippen molar-refractivity contribution in [3.05, 3.63) is 89.5 Å². The highest BCUT2D eigenvalue weighted by Crippen LogP contribution is 2.36. The predicted molar refractivity (Wildman–Crippen MR) is 129 cm³/mol. The van der Waals surface area contributed by atoms with E-state index in [9.17, 15) is 13.2 Å². The largest absolute Gasteiger partial charge is 0.476 e. The third kappa shape index (κ3) is 5.20. The molecule has 6 nitrogen and oxygen atoms in total. The summed E-state index contributed by atoms with van der Waals surface area (Å²) in [5, 5.41) is 2.90. The molecule has 1 heterocycles. The standard InChI is InChI=1S/C26H28N2O4S/c1-19-9-13-21(14-10-19)6-5-17-27-26(29)25-18-28(23-7-3-4-8-24(23)32-25)33(30,31)22-15-11-20(2)12-16-22/h3-4,7-16,25H,5-6,17-18H2,1-2H3,(H,27,29)/t25-/m0/s1. The number of carbonyl (C=O) groups is 1. The Morgan fingerprint density at radius 1 is 0.970 bits per heavy atom. The van der Waals surface area contributed by atoms with Crippen LogP contribution in [0.3, 0.4) is 0 Å². The summed E-state index contributed by atoms with van der Waals surface area (Å²) in [4.78, 5) is 13.0. The van der Waals surface area contributed by atoms with Crippen LogP contribution in [-0.2, 0) is 21.2 Å².